The molecule has 0 aliphatic carbocycles. The van der Waals surface area contributed by atoms with Crippen LogP contribution >= 0.6 is 23.4 Å². The van der Waals surface area contributed by atoms with Crippen LogP contribution in [0.1, 0.15) is 12.5 Å². The van der Waals surface area contributed by atoms with Crippen molar-refractivity contribution < 1.29 is 9.53 Å². The molecule has 1 atom stereocenters. The molecule has 0 radical (unpaired) electrons. The average Bonchev–Trinajstić information content (AvgIpc) is 2.51. The minimum absolute atomic E-state index is 0.0549. The van der Waals surface area contributed by atoms with Crippen LogP contribution in [-0.4, -0.2) is 18.3 Å². The van der Waals surface area contributed by atoms with Crippen LogP contribution in [0.15, 0.2) is 47.4 Å². The first-order valence-electron chi connectivity index (χ1n) is 6.87. The Morgan fingerprint density at radius 1 is 1.23 bits per heavy atom. The maximum Gasteiger partial charge on any atom is 0.237 e. The fourth-order valence-electron chi connectivity index (χ4n) is 1.83. The molecule has 1 N–H and O–H groups in total. The molecule has 5 heteroatoms. The fourth-order valence-corrected chi connectivity index (χ4v) is 2.87. The Kier molecular flexibility index (Phi) is 5.75. The normalized spacial score (nSPS) is 11.8. The van der Waals surface area contributed by atoms with Crippen LogP contribution in [0.2, 0.25) is 5.02 Å². The van der Waals surface area contributed by atoms with E-state index in [1.807, 2.05) is 50.2 Å². The maximum atomic E-state index is 12.2. The SMILES string of the molecule is COc1ccc(S[C@H](C)C(=O)Nc2ccc(C)c(Cl)c2)cc1. The van der Waals surface area contributed by atoms with Crippen LogP contribution < -0.4 is 10.1 Å². The largest absolute Gasteiger partial charge is 0.497 e. The van der Waals surface area contributed by atoms with E-state index in [-0.39, 0.29) is 11.2 Å². The lowest BCUT2D eigenvalue weighted by Gasteiger charge is -2.13. The van der Waals surface area contributed by atoms with Gasteiger partial charge in [-0.1, -0.05) is 17.7 Å². The Hall–Kier alpha value is -1.65. The molecule has 0 bridgehead atoms. The third-order valence-electron chi connectivity index (χ3n) is 3.18. The van der Waals surface area contributed by atoms with E-state index >= 15 is 0 Å². The van der Waals surface area contributed by atoms with Crippen LogP contribution in [0.3, 0.4) is 0 Å². The first kappa shape index (κ1) is 16.7. The Labute approximate surface area is 140 Å². The Morgan fingerprint density at radius 3 is 2.50 bits per heavy atom. The van der Waals surface area contributed by atoms with Gasteiger partial charge in [0.2, 0.25) is 5.91 Å². The van der Waals surface area contributed by atoms with Gasteiger partial charge in [0, 0.05) is 15.6 Å². The molecule has 1 amide bonds. The third-order valence-corrected chi connectivity index (χ3v) is 4.70. The standard InChI is InChI=1S/C17H18ClNO2S/c1-11-4-5-13(10-16(11)18)19-17(20)12(2)22-15-8-6-14(21-3)7-9-15/h4-10,12H,1-3H3,(H,19,20)/t12-/m1/s1. The molecule has 0 aliphatic heterocycles. The van der Waals surface area contributed by atoms with Gasteiger partial charge in [0.15, 0.2) is 0 Å². The number of carbonyl (C=O) groups excluding carboxylic acids is 1. The van der Waals surface area contributed by atoms with Gasteiger partial charge in [0.1, 0.15) is 5.75 Å². The Morgan fingerprint density at radius 2 is 1.91 bits per heavy atom. The number of aryl methyl sites for hydroxylation is 1. The van der Waals surface area contributed by atoms with E-state index in [2.05, 4.69) is 5.32 Å². The summed E-state index contributed by atoms with van der Waals surface area (Å²) in [4.78, 5) is 13.3. The molecule has 0 aliphatic rings. The zero-order valence-corrected chi connectivity index (χ0v) is 14.3. The van der Waals surface area contributed by atoms with E-state index in [4.69, 9.17) is 16.3 Å². The second-order valence-electron chi connectivity index (χ2n) is 4.89. The number of hydrogen-bond donors (Lipinski definition) is 1. The molecule has 2 aromatic rings. The smallest absolute Gasteiger partial charge is 0.237 e. The summed E-state index contributed by atoms with van der Waals surface area (Å²) in [6, 6.07) is 13.1. The molecule has 3 nitrogen and oxygen atoms in total. The number of nitrogens with one attached hydrogen (secondary N) is 1. The van der Waals surface area contributed by atoms with Gasteiger partial charge in [-0.3, -0.25) is 4.79 Å². The molecule has 2 rings (SSSR count). The fraction of sp³-hybridized carbons (Fsp3) is 0.235. The number of anilines is 1. The van der Waals surface area contributed by atoms with Crippen molar-refractivity contribution in [2.45, 2.75) is 24.0 Å². The van der Waals surface area contributed by atoms with Crippen molar-refractivity contribution in [3.05, 3.63) is 53.1 Å². The Bertz CT molecular complexity index is 658. The molecular formula is C17H18ClNO2S. The first-order chi connectivity index (χ1) is 10.5. The number of thioether (sulfide) groups is 1. The number of ether oxygens (including phenoxy) is 1. The molecule has 0 saturated heterocycles. The van der Waals surface area contributed by atoms with Crippen LogP contribution in [0, 0.1) is 6.92 Å². The highest BCUT2D eigenvalue weighted by atomic mass is 35.5. The summed E-state index contributed by atoms with van der Waals surface area (Å²) >= 11 is 7.56. The lowest BCUT2D eigenvalue weighted by atomic mass is 10.2. The summed E-state index contributed by atoms with van der Waals surface area (Å²) in [5.41, 5.74) is 1.70. The van der Waals surface area contributed by atoms with Crippen LogP contribution in [0.4, 0.5) is 5.69 Å². The highest BCUT2D eigenvalue weighted by molar-refractivity contribution is 8.00. The number of benzene rings is 2. The van der Waals surface area contributed by atoms with Crippen molar-refractivity contribution in [3.63, 3.8) is 0 Å². The molecule has 0 fully saturated rings. The summed E-state index contributed by atoms with van der Waals surface area (Å²) in [5.74, 6) is 0.747. The van der Waals surface area contributed by atoms with Gasteiger partial charge >= 0.3 is 0 Å². The maximum absolute atomic E-state index is 12.2. The van der Waals surface area contributed by atoms with Crippen molar-refractivity contribution in [3.8, 4) is 5.75 Å². The highest BCUT2D eigenvalue weighted by Gasteiger charge is 2.15. The van der Waals surface area contributed by atoms with E-state index in [0.29, 0.717) is 10.7 Å². The van der Waals surface area contributed by atoms with Crippen LogP contribution in [0.5, 0.6) is 5.75 Å². The van der Waals surface area contributed by atoms with Crippen LogP contribution in [0.25, 0.3) is 0 Å². The number of amides is 1. The van der Waals surface area contributed by atoms with Gasteiger partial charge in [-0.15, -0.1) is 11.8 Å². The molecule has 2 aromatic carbocycles. The molecule has 0 saturated carbocycles. The molecule has 0 spiro atoms. The number of rotatable bonds is 5. The first-order valence-corrected chi connectivity index (χ1v) is 8.13. The van der Waals surface area contributed by atoms with E-state index in [1.54, 1.807) is 13.2 Å². The van der Waals surface area contributed by atoms with E-state index in [9.17, 15) is 4.79 Å². The zero-order chi connectivity index (χ0) is 16.1. The number of methoxy groups -OCH3 is 1. The molecule has 22 heavy (non-hydrogen) atoms. The second kappa shape index (κ2) is 7.56. The minimum atomic E-state index is -0.214. The van der Waals surface area contributed by atoms with Gasteiger partial charge in [-0.25, -0.2) is 0 Å². The highest BCUT2D eigenvalue weighted by Crippen LogP contribution is 2.27. The van der Waals surface area contributed by atoms with Crippen LogP contribution in [-0.2, 0) is 4.79 Å². The summed E-state index contributed by atoms with van der Waals surface area (Å²) in [7, 11) is 1.63. The van der Waals surface area contributed by atoms with E-state index in [0.717, 1.165) is 16.2 Å². The van der Waals surface area contributed by atoms with Gasteiger partial charge in [-0.2, -0.15) is 0 Å². The van der Waals surface area contributed by atoms with Gasteiger partial charge in [0.25, 0.3) is 0 Å². The van der Waals surface area contributed by atoms with Gasteiger partial charge < -0.3 is 10.1 Å². The third kappa shape index (κ3) is 4.42. The number of carbonyl (C=O) groups is 1. The average molecular weight is 336 g/mol. The van der Waals surface area contributed by atoms with Gasteiger partial charge in [-0.05, 0) is 55.8 Å². The van der Waals surface area contributed by atoms with Crippen molar-refractivity contribution in [2.75, 3.05) is 12.4 Å². The quantitative estimate of drug-likeness (QED) is 0.799. The molecule has 116 valence electrons. The van der Waals surface area contributed by atoms with Crippen molar-refractivity contribution in [1.82, 2.24) is 0 Å². The summed E-state index contributed by atoms with van der Waals surface area (Å²) < 4.78 is 5.12. The van der Waals surface area contributed by atoms with E-state index in [1.165, 1.54) is 11.8 Å². The monoisotopic (exact) mass is 335 g/mol. The lowest BCUT2D eigenvalue weighted by Crippen LogP contribution is -2.22. The minimum Gasteiger partial charge on any atom is -0.497 e. The topological polar surface area (TPSA) is 38.3 Å². The van der Waals surface area contributed by atoms with E-state index < -0.39 is 0 Å². The summed E-state index contributed by atoms with van der Waals surface area (Å²) in [6.45, 7) is 3.80. The Balaban J connectivity index is 1.97. The number of halogens is 1. The lowest BCUT2D eigenvalue weighted by molar-refractivity contribution is -0.115. The predicted molar refractivity (Wildman–Crippen MR) is 93.1 cm³/mol. The van der Waals surface area contributed by atoms with Crippen molar-refractivity contribution >= 4 is 35.0 Å². The second-order valence-corrected chi connectivity index (χ2v) is 6.71. The summed E-state index contributed by atoms with van der Waals surface area (Å²) in [5, 5.41) is 3.32. The van der Waals surface area contributed by atoms with Crippen molar-refractivity contribution in [2.24, 2.45) is 0 Å². The van der Waals surface area contributed by atoms with Crippen molar-refractivity contribution in [1.29, 1.82) is 0 Å². The zero-order valence-electron chi connectivity index (χ0n) is 12.7. The summed E-state index contributed by atoms with van der Waals surface area (Å²) in [6.07, 6.45) is 0. The van der Waals surface area contributed by atoms with Gasteiger partial charge in [0.05, 0.1) is 12.4 Å². The predicted octanol–water partition coefficient (Wildman–Crippen LogP) is 4.78. The molecule has 0 heterocycles. The molecule has 0 aromatic heterocycles. The molecule has 0 unspecified atom stereocenters. The molecular weight excluding hydrogens is 318 g/mol. The number of hydrogen-bond acceptors (Lipinski definition) is 3.